The van der Waals surface area contributed by atoms with Crippen molar-refractivity contribution in [2.75, 3.05) is 51.7 Å². The number of hydrogen-bond acceptors (Lipinski definition) is 4. The lowest BCUT2D eigenvalue weighted by Gasteiger charge is -2.34. The highest BCUT2D eigenvalue weighted by Gasteiger charge is 2.19. The molecule has 0 aromatic heterocycles. The van der Waals surface area contributed by atoms with Crippen LogP contribution in [0.1, 0.15) is 12.0 Å². The quantitative estimate of drug-likeness (QED) is 0.764. The van der Waals surface area contributed by atoms with Gasteiger partial charge in [0.05, 0.1) is 7.11 Å². The Bertz CT molecular complexity index is 751. The second-order valence-electron chi connectivity index (χ2n) is 6.90. The summed E-state index contributed by atoms with van der Waals surface area (Å²) >= 11 is 0. The molecular formula is C23H29N3O2. The average Bonchev–Trinajstić information content (AvgIpc) is 2.75. The standard InChI is InChI=1S/C23H29N3O2/c1-28-22-11-9-21(10-12-22)24-14-13-23(27)26-18-16-25(17-19-26)15-5-8-20-6-3-2-4-7-20/h2-12,24H,13-19H2,1H3/b8-5+. The zero-order chi connectivity index (χ0) is 19.6. The van der Waals surface area contributed by atoms with E-state index < -0.39 is 0 Å². The molecule has 1 saturated heterocycles. The second-order valence-corrected chi connectivity index (χ2v) is 6.90. The summed E-state index contributed by atoms with van der Waals surface area (Å²) in [5, 5.41) is 3.30. The second kappa shape index (κ2) is 10.5. The minimum atomic E-state index is 0.223. The molecule has 5 nitrogen and oxygen atoms in total. The van der Waals surface area contributed by atoms with E-state index in [1.54, 1.807) is 7.11 Å². The fourth-order valence-corrected chi connectivity index (χ4v) is 3.26. The number of ether oxygens (including phenoxy) is 1. The van der Waals surface area contributed by atoms with Gasteiger partial charge in [-0.05, 0) is 29.8 Å². The minimum absolute atomic E-state index is 0.223. The average molecular weight is 380 g/mol. The molecule has 0 bridgehead atoms. The Kier molecular flexibility index (Phi) is 7.50. The van der Waals surface area contributed by atoms with Gasteiger partial charge in [-0.2, -0.15) is 0 Å². The van der Waals surface area contributed by atoms with Crippen molar-refractivity contribution in [2.24, 2.45) is 0 Å². The summed E-state index contributed by atoms with van der Waals surface area (Å²) in [4.78, 5) is 16.8. The van der Waals surface area contributed by atoms with Crippen molar-refractivity contribution in [1.29, 1.82) is 0 Å². The lowest BCUT2D eigenvalue weighted by Crippen LogP contribution is -2.48. The maximum Gasteiger partial charge on any atom is 0.224 e. The van der Waals surface area contributed by atoms with Crippen LogP contribution in [0, 0.1) is 0 Å². The van der Waals surface area contributed by atoms with Gasteiger partial charge in [0.1, 0.15) is 5.75 Å². The maximum atomic E-state index is 12.4. The highest BCUT2D eigenvalue weighted by molar-refractivity contribution is 5.76. The number of piperazine rings is 1. The molecule has 3 rings (SSSR count). The van der Waals surface area contributed by atoms with Gasteiger partial charge in [0, 0.05) is 51.4 Å². The van der Waals surface area contributed by atoms with Gasteiger partial charge < -0.3 is 15.0 Å². The summed E-state index contributed by atoms with van der Waals surface area (Å²) in [5.41, 5.74) is 2.23. The first kappa shape index (κ1) is 20.0. The Labute approximate surface area is 167 Å². The molecule has 0 unspecified atom stereocenters. The first-order chi connectivity index (χ1) is 13.7. The maximum absolute atomic E-state index is 12.4. The molecule has 28 heavy (non-hydrogen) atoms. The lowest BCUT2D eigenvalue weighted by atomic mass is 10.2. The fourth-order valence-electron chi connectivity index (χ4n) is 3.26. The number of carbonyl (C=O) groups is 1. The first-order valence-corrected chi connectivity index (χ1v) is 9.84. The highest BCUT2D eigenvalue weighted by Crippen LogP contribution is 2.15. The Morgan fingerprint density at radius 1 is 1.04 bits per heavy atom. The highest BCUT2D eigenvalue weighted by atomic mass is 16.5. The SMILES string of the molecule is COc1ccc(NCCC(=O)N2CCN(C/C=C/c3ccccc3)CC2)cc1. The van der Waals surface area contributed by atoms with E-state index in [-0.39, 0.29) is 5.91 Å². The summed E-state index contributed by atoms with van der Waals surface area (Å²) < 4.78 is 5.15. The van der Waals surface area contributed by atoms with Crippen LogP contribution in [0.3, 0.4) is 0 Å². The third-order valence-electron chi connectivity index (χ3n) is 4.96. The number of nitrogens with zero attached hydrogens (tertiary/aromatic N) is 2. The minimum Gasteiger partial charge on any atom is -0.497 e. The molecular weight excluding hydrogens is 350 g/mol. The summed E-state index contributed by atoms with van der Waals surface area (Å²) in [6.07, 6.45) is 4.87. The van der Waals surface area contributed by atoms with E-state index in [2.05, 4.69) is 34.5 Å². The van der Waals surface area contributed by atoms with E-state index in [9.17, 15) is 4.79 Å². The van der Waals surface area contributed by atoms with Gasteiger partial charge in [0.15, 0.2) is 0 Å². The Morgan fingerprint density at radius 2 is 1.75 bits per heavy atom. The van der Waals surface area contributed by atoms with Crippen molar-refractivity contribution in [1.82, 2.24) is 9.80 Å². The van der Waals surface area contributed by atoms with Gasteiger partial charge in [-0.25, -0.2) is 0 Å². The van der Waals surface area contributed by atoms with E-state index >= 15 is 0 Å². The third-order valence-corrected chi connectivity index (χ3v) is 4.96. The molecule has 1 heterocycles. The molecule has 1 amide bonds. The molecule has 2 aromatic carbocycles. The predicted octanol–water partition coefficient (Wildman–Crippen LogP) is 3.35. The number of benzene rings is 2. The first-order valence-electron chi connectivity index (χ1n) is 9.84. The van der Waals surface area contributed by atoms with Gasteiger partial charge in [-0.3, -0.25) is 9.69 Å². The molecule has 0 saturated carbocycles. The van der Waals surface area contributed by atoms with E-state index in [1.807, 2.05) is 47.4 Å². The number of hydrogen-bond donors (Lipinski definition) is 1. The van der Waals surface area contributed by atoms with Crippen LogP contribution in [-0.2, 0) is 4.79 Å². The molecule has 0 spiro atoms. The zero-order valence-corrected chi connectivity index (χ0v) is 16.5. The Hall–Kier alpha value is -2.79. The molecule has 5 heteroatoms. The summed E-state index contributed by atoms with van der Waals surface area (Å²) in [5.74, 6) is 1.05. The number of carbonyl (C=O) groups excluding carboxylic acids is 1. The molecule has 2 aromatic rings. The molecule has 148 valence electrons. The van der Waals surface area contributed by atoms with Crippen LogP contribution in [0.4, 0.5) is 5.69 Å². The van der Waals surface area contributed by atoms with Gasteiger partial charge in [0.25, 0.3) is 0 Å². The molecule has 0 radical (unpaired) electrons. The van der Waals surface area contributed by atoms with Crippen molar-refractivity contribution in [3.63, 3.8) is 0 Å². The van der Waals surface area contributed by atoms with Crippen molar-refractivity contribution in [3.8, 4) is 5.75 Å². The van der Waals surface area contributed by atoms with Gasteiger partial charge in [-0.1, -0.05) is 42.5 Å². The predicted molar refractivity (Wildman–Crippen MR) is 115 cm³/mol. The van der Waals surface area contributed by atoms with Crippen LogP contribution in [0.2, 0.25) is 0 Å². The van der Waals surface area contributed by atoms with Gasteiger partial charge >= 0.3 is 0 Å². The van der Waals surface area contributed by atoms with Crippen molar-refractivity contribution in [3.05, 3.63) is 66.2 Å². The summed E-state index contributed by atoms with van der Waals surface area (Å²) in [6.45, 7) is 5.04. The van der Waals surface area contributed by atoms with Crippen LogP contribution < -0.4 is 10.1 Å². The van der Waals surface area contributed by atoms with Crippen molar-refractivity contribution < 1.29 is 9.53 Å². The summed E-state index contributed by atoms with van der Waals surface area (Å²) in [6, 6.07) is 18.1. The van der Waals surface area contributed by atoms with Crippen LogP contribution in [-0.4, -0.2) is 62.1 Å². The topological polar surface area (TPSA) is 44.8 Å². The number of nitrogens with one attached hydrogen (secondary N) is 1. The summed E-state index contributed by atoms with van der Waals surface area (Å²) in [7, 11) is 1.65. The fraction of sp³-hybridized carbons (Fsp3) is 0.348. The number of amides is 1. The number of methoxy groups -OCH3 is 1. The van der Waals surface area contributed by atoms with Gasteiger partial charge in [-0.15, -0.1) is 0 Å². The van der Waals surface area contributed by atoms with Crippen molar-refractivity contribution in [2.45, 2.75) is 6.42 Å². The molecule has 0 atom stereocenters. The van der Waals surface area contributed by atoms with Crippen LogP contribution in [0.25, 0.3) is 6.08 Å². The molecule has 0 aliphatic carbocycles. The van der Waals surface area contributed by atoms with Crippen LogP contribution in [0.15, 0.2) is 60.7 Å². The molecule has 1 aliphatic heterocycles. The normalized spacial score (nSPS) is 15.0. The molecule has 1 fully saturated rings. The van der Waals surface area contributed by atoms with E-state index in [1.165, 1.54) is 5.56 Å². The Balaban J connectivity index is 1.33. The van der Waals surface area contributed by atoms with E-state index in [4.69, 9.17) is 4.74 Å². The smallest absolute Gasteiger partial charge is 0.224 e. The van der Waals surface area contributed by atoms with Crippen LogP contribution in [0.5, 0.6) is 5.75 Å². The van der Waals surface area contributed by atoms with Crippen molar-refractivity contribution >= 4 is 17.7 Å². The monoisotopic (exact) mass is 379 g/mol. The largest absolute Gasteiger partial charge is 0.497 e. The van der Waals surface area contributed by atoms with E-state index in [0.717, 1.165) is 44.2 Å². The molecule has 1 N–H and O–H groups in total. The number of rotatable bonds is 8. The Morgan fingerprint density at radius 3 is 2.43 bits per heavy atom. The molecule has 1 aliphatic rings. The number of anilines is 1. The lowest BCUT2D eigenvalue weighted by molar-refractivity contribution is -0.132. The van der Waals surface area contributed by atoms with Gasteiger partial charge in [0.2, 0.25) is 5.91 Å². The zero-order valence-electron chi connectivity index (χ0n) is 16.5. The van der Waals surface area contributed by atoms with E-state index in [0.29, 0.717) is 13.0 Å². The third kappa shape index (κ3) is 6.13. The van der Waals surface area contributed by atoms with Crippen LogP contribution >= 0.6 is 0 Å².